The Morgan fingerprint density at radius 1 is 1.00 bits per heavy atom. The van der Waals surface area contributed by atoms with E-state index in [0.717, 1.165) is 34.5 Å². The number of hydrogen-bond acceptors (Lipinski definition) is 3. The van der Waals surface area contributed by atoms with Crippen LogP contribution in [0.3, 0.4) is 0 Å². The molecule has 0 aromatic heterocycles. The van der Waals surface area contributed by atoms with Gasteiger partial charge in [0, 0.05) is 17.3 Å². The van der Waals surface area contributed by atoms with E-state index in [1.54, 1.807) is 18.2 Å². The minimum atomic E-state index is -3.84. The van der Waals surface area contributed by atoms with Gasteiger partial charge in [0.1, 0.15) is 5.82 Å². The topological polar surface area (TPSA) is 66.5 Å². The maximum absolute atomic E-state index is 13.2. The molecule has 4 rings (SSSR count). The first-order chi connectivity index (χ1) is 14.6. The molecular weight excluding hydrogens is 415 g/mol. The highest BCUT2D eigenvalue weighted by atomic mass is 32.2. The Morgan fingerprint density at radius 3 is 2.29 bits per heavy atom. The molecule has 160 valence electrons. The maximum Gasteiger partial charge on any atom is 0.264 e. The van der Waals surface area contributed by atoms with Crippen molar-refractivity contribution in [3.05, 3.63) is 88.7 Å². The van der Waals surface area contributed by atoms with Crippen LogP contribution in [-0.4, -0.2) is 20.4 Å². The lowest BCUT2D eigenvalue weighted by molar-refractivity contribution is 0.102. The fourth-order valence-corrected chi connectivity index (χ4v) is 5.77. The molecule has 0 bridgehead atoms. The number of rotatable bonds is 4. The fraction of sp³-hybridized carbons (Fsp3) is 0.208. The van der Waals surface area contributed by atoms with Gasteiger partial charge in [0.15, 0.2) is 0 Å². The van der Waals surface area contributed by atoms with E-state index >= 15 is 0 Å². The molecule has 1 heterocycles. The molecule has 1 aliphatic heterocycles. The Kier molecular flexibility index (Phi) is 5.31. The largest absolute Gasteiger partial charge is 0.322 e. The number of nitrogens with one attached hydrogen (secondary N) is 1. The molecule has 0 spiro atoms. The third kappa shape index (κ3) is 4.05. The summed E-state index contributed by atoms with van der Waals surface area (Å²) in [5, 5.41) is 2.91. The second-order valence-electron chi connectivity index (χ2n) is 7.98. The standard InChI is InChI=1S/C24H23FN2O3S/c1-15-10-16(2)12-21(11-15)26-24(28)18-4-9-23-19(14-18)13-17(3)27(23)31(29,30)22-7-5-20(25)6-8-22/h4-12,14,17H,13H2,1-3H3,(H,26,28)/t17-/m0/s1. The van der Waals surface area contributed by atoms with Crippen LogP contribution in [0.25, 0.3) is 0 Å². The number of nitrogens with zero attached hydrogens (tertiary/aromatic N) is 1. The number of benzene rings is 3. The lowest BCUT2D eigenvalue weighted by atomic mass is 10.1. The number of halogens is 1. The summed E-state index contributed by atoms with van der Waals surface area (Å²) in [6, 6.07) is 15.3. The quantitative estimate of drug-likeness (QED) is 0.634. The molecule has 1 amide bonds. The van der Waals surface area contributed by atoms with Crippen LogP contribution in [-0.2, 0) is 16.4 Å². The van der Waals surface area contributed by atoms with Crippen LogP contribution in [0.4, 0.5) is 15.8 Å². The van der Waals surface area contributed by atoms with E-state index in [4.69, 9.17) is 0 Å². The number of carbonyl (C=O) groups is 1. The highest BCUT2D eigenvalue weighted by Crippen LogP contribution is 2.37. The lowest BCUT2D eigenvalue weighted by Gasteiger charge is -2.24. The van der Waals surface area contributed by atoms with Gasteiger partial charge >= 0.3 is 0 Å². The minimum absolute atomic E-state index is 0.0326. The zero-order valence-corrected chi connectivity index (χ0v) is 18.3. The van der Waals surface area contributed by atoms with Crippen LogP contribution < -0.4 is 9.62 Å². The van der Waals surface area contributed by atoms with Gasteiger partial charge in [-0.05, 0) is 98.5 Å². The first-order valence-electron chi connectivity index (χ1n) is 9.98. The summed E-state index contributed by atoms with van der Waals surface area (Å²) in [6.45, 7) is 5.75. The van der Waals surface area contributed by atoms with E-state index in [-0.39, 0.29) is 16.8 Å². The van der Waals surface area contributed by atoms with E-state index in [1.165, 1.54) is 16.4 Å². The molecule has 1 aliphatic rings. The van der Waals surface area contributed by atoms with Gasteiger partial charge in [-0.1, -0.05) is 6.07 Å². The van der Waals surface area contributed by atoms with Crippen molar-refractivity contribution in [3.63, 3.8) is 0 Å². The van der Waals surface area contributed by atoms with Crippen LogP contribution in [0.5, 0.6) is 0 Å². The molecule has 0 aliphatic carbocycles. The van der Waals surface area contributed by atoms with E-state index in [9.17, 15) is 17.6 Å². The third-order valence-electron chi connectivity index (χ3n) is 5.34. The Labute approximate surface area is 181 Å². The summed E-state index contributed by atoms with van der Waals surface area (Å²) in [5.74, 6) is -0.742. The van der Waals surface area contributed by atoms with Crippen LogP contribution in [0.1, 0.15) is 34.0 Å². The molecule has 3 aromatic carbocycles. The van der Waals surface area contributed by atoms with E-state index < -0.39 is 15.8 Å². The van der Waals surface area contributed by atoms with Crippen molar-refractivity contribution >= 4 is 27.3 Å². The van der Waals surface area contributed by atoms with E-state index in [0.29, 0.717) is 17.7 Å². The number of amides is 1. The van der Waals surface area contributed by atoms with Crippen molar-refractivity contribution in [2.75, 3.05) is 9.62 Å². The Bertz CT molecular complexity index is 1250. The molecule has 1 N–H and O–H groups in total. The number of sulfonamides is 1. The number of aryl methyl sites for hydroxylation is 2. The second kappa shape index (κ2) is 7.81. The first-order valence-corrected chi connectivity index (χ1v) is 11.4. The average molecular weight is 439 g/mol. The van der Waals surface area contributed by atoms with E-state index in [1.807, 2.05) is 39.0 Å². The number of carbonyl (C=O) groups excluding carboxylic acids is 1. The van der Waals surface area contributed by atoms with Crippen molar-refractivity contribution < 1.29 is 17.6 Å². The van der Waals surface area contributed by atoms with Gasteiger partial charge < -0.3 is 5.32 Å². The Balaban J connectivity index is 1.63. The smallest absolute Gasteiger partial charge is 0.264 e. The van der Waals surface area contributed by atoms with E-state index in [2.05, 4.69) is 5.32 Å². The van der Waals surface area contributed by atoms with Crippen molar-refractivity contribution in [1.82, 2.24) is 0 Å². The summed E-state index contributed by atoms with van der Waals surface area (Å²) in [7, 11) is -3.84. The Morgan fingerprint density at radius 2 is 1.65 bits per heavy atom. The van der Waals surface area contributed by atoms with Crippen LogP contribution in [0.2, 0.25) is 0 Å². The highest BCUT2D eigenvalue weighted by molar-refractivity contribution is 7.92. The number of fused-ring (bicyclic) bond motifs is 1. The SMILES string of the molecule is Cc1cc(C)cc(NC(=O)c2ccc3c(c2)C[C@H](C)N3S(=O)(=O)c2ccc(F)cc2)c1. The summed E-state index contributed by atoms with van der Waals surface area (Å²) in [6.07, 6.45) is 0.487. The molecule has 0 saturated heterocycles. The van der Waals surface area contributed by atoms with Crippen molar-refractivity contribution in [1.29, 1.82) is 0 Å². The van der Waals surface area contributed by atoms with Gasteiger partial charge in [0.05, 0.1) is 10.6 Å². The van der Waals surface area contributed by atoms with Gasteiger partial charge in [-0.15, -0.1) is 0 Å². The van der Waals surface area contributed by atoms with Gasteiger partial charge in [0.25, 0.3) is 15.9 Å². The predicted molar refractivity (Wildman–Crippen MR) is 120 cm³/mol. The Hall–Kier alpha value is -3.19. The normalized spacial score (nSPS) is 15.6. The van der Waals surface area contributed by atoms with Crippen LogP contribution >= 0.6 is 0 Å². The maximum atomic E-state index is 13.2. The molecule has 0 saturated carbocycles. The van der Waals surface area contributed by atoms with Gasteiger partial charge in [-0.2, -0.15) is 0 Å². The molecule has 3 aromatic rings. The van der Waals surface area contributed by atoms with Gasteiger partial charge in [-0.3, -0.25) is 9.10 Å². The summed E-state index contributed by atoms with van der Waals surface area (Å²) in [4.78, 5) is 12.8. The van der Waals surface area contributed by atoms with Crippen LogP contribution in [0.15, 0.2) is 65.6 Å². The lowest BCUT2D eigenvalue weighted by Crippen LogP contribution is -2.35. The zero-order chi connectivity index (χ0) is 22.3. The van der Waals surface area contributed by atoms with Crippen molar-refractivity contribution in [3.8, 4) is 0 Å². The minimum Gasteiger partial charge on any atom is -0.322 e. The van der Waals surface area contributed by atoms with Crippen molar-refractivity contribution in [2.45, 2.75) is 38.1 Å². The summed E-state index contributed by atoms with van der Waals surface area (Å²) in [5.41, 5.74) is 4.62. The molecule has 0 radical (unpaired) electrons. The molecular formula is C24H23FN2O3S. The monoisotopic (exact) mass is 438 g/mol. The number of anilines is 2. The molecule has 31 heavy (non-hydrogen) atoms. The summed E-state index contributed by atoms with van der Waals surface area (Å²) >= 11 is 0. The van der Waals surface area contributed by atoms with Crippen LogP contribution in [0, 0.1) is 19.7 Å². The first kappa shape index (κ1) is 21.1. The summed E-state index contributed by atoms with van der Waals surface area (Å²) < 4.78 is 40.9. The number of hydrogen-bond donors (Lipinski definition) is 1. The fourth-order valence-electron chi connectivity index (χ4n) is 4.08. The zero-order valence-electron chi connectivity index (χ0n) is 17.5. The third-order valence-corrected chi connectivity index (χ3v) is 7.29. The molecule has 5 nitrogen and oxygen atoms in total. The molecule has 1 atom stereocenters. The van der Waals surface area contributed by atoms with Gasteiger partial charge in [-0.25, -0.2) is 12.8 Å². The average Bonchev–Trinajstić information content (AvgIpc) is 3.03. The second-order valence-corrected chi connectivity index (χ2v) is 9.80. The van der Waals surface area contributed by atoms with Crippen molar-refractivity contribution in [2.24, 2.45) is 0 Å². The molecule has 7 heteroatoms. The molecule has 0 unspecified atom stereocenters. The highest BCUT2D eigenvalue weighted by Gasteiger charge is 2.36. The van der Waals surface area contributed by atoms with Gasteiger partial charge in [0.2, 0.25) is 0 Å². The molecule has 0 fully saturated rings. The predicted octanol–water partition coefficient (Wildman–Crippen LogP) is 4.83.